The molecular formula is C22H19N3O4. The summed E-state index contributed by atoms with van der Waals surface area (Å²) in [5, 5.41) is 7.50. The minimum atomic E-state index is -0.598. The number of aryl methyl sites for hydroxylation is 1. The Labute approximate surface area is 167 Å². The topological polar surface area (TPSA) is 82.5 Å². The first-order chi connectivity index (χ1) is 14.1. The number of carbonyl (C=O) groups excluding carboxylic acids is 2. The predicted octanol–water partition coefficient (Wildman–Crippen LogP) is 3.26. The number of benzene rings is 2. The van der Waals surface area contributed by atoms with Crippen molar-refractivity contribution in [2.75, 3.05) is 18.5 Å². The number of anilines is 1. The van der Waals surface area contributed by atoms with E-state index in [0.717, 1.165) is 16.9 Å². The molecule has 0 unspecified atom stereocenters. The van der Waals surface area contributed by atoms with Crippen molar-refractivity contribution in [1.82, 2.24) is 9.78 Å². The molecule has 1 amide bonds. The first-order valence-electron chi connectivity index (χ1n) is 9.50. The van der Waals surface area contributed by atoms with E-state index in [-0.39, 0.29) is 18.1 Å². The van der Waals surface area contributed by atoms with Crippen molar-refractivity contribution in [3.8, 4) is 17.2 Å². The molecule has 2 aliphatic rings. The fraction of sp³-hybridized carbons (Fsp3) is 0.227. The number of fused-ring (bicyclic) bond motifs is 2. The van der Waals surface area contributed by atoms with Gasteiger partial charge in [-0.15, -0.1) is 0 Å². The number of aromatic nitrogens is 2. The van der Waals surface area contributed by atoms with E-state index in [1.807, 2.05) is 37.3 Å². The number of rotatable bonds is 3. The molecule has 0 saturated heterocycles. The molecule has 1 N–H and O–H groups in total. The quantitative estimate of drug-likeness (QED) is 0.696. The number of hydrogen-bond donors (Lipinski definition) is 1. The molecule has 2 aromatic carbocycles. The molecule has 29 heavy (non-hydrogen) atoms. The van der Waals surface area contributed by atoms with Gasteiger partial charge in [0.25, 0.3) is 0 Å². The highest BCUT2D eigenvalue weighted by Gasteiger charge is 2.36. The van der Waals surface area contributed by atoms with Crippen LogP contribution < -0.4 is 14.8 Å². The van der Waals surface area contributed by atoms with Gasteiger partial charge in [0.05, 0.1) is 17.3 Å². The molecule has 1 aromatic heterocycles. The molecule has 0 aliphatic carbocycles. The van der Waals surface area contributed by atoms with Crippen LogP contribution in [0.1, 0.15) is 34.0 Å². The number of nitrogens with zero attached hydrogens (tertiary/aromatic N) is 2. The minimum absolute atomic E-state index is 0.0849. The molecule has 0 saturated carbocycles. The summed E-state index contributed by atoms with van der Waals surface area (Å²) in [5.41, 5.74) is 2.80. The van der Waals surface area contributed by atoms with E-state index in [4.69, 9.17) is 9.47 Å². The number of carbonyl (C=O) groups is 2. The highest BCUT2D eigenvalue weighted by atomic mass is 16.6. The summed E-state index contributed by atoms with van der Waals surface area (Å²) in [6.07, 6.45) is 0.0849. The van der Waals surface area contributed by atoms with Crippen LogP contribution in [0.15, 0.2) is 48.5 Å². The van der Waals surface area contributed by atoms with Crippen molar-refractivity contribution in [2.45, 2.75) is 19.3 Å². The fourth-order valence-corrected chi connectivity index (χ4v) is 3.92. The predicted molar refractivity (Wildman–Crippen MR) is 106 cm³/mol. The van der Waals surface area contributed by atoms with E-state index < -0.39 is 5.92 Å². The van der Waals surface area contributed by atoms with Gasteiger partial charge in [-0.3, -0.25) is 9.59 Å². The number of Topliss-reactive ketones (excluding diaryl/α,β-unsaturated/α-hetero) is 1. The molecule has 1 atom stereocenters. The fourth-order valence-electron chi connectivity index (χ4n) is 3.92. The smallest absolute Gasteiger partial charge is 0.226 e. The third-order valence-electron chi connectivity index (χ3n) is 5.25. The zero-order valence-electron chi connectivity index (χ0n) is 15.8. The third-order valence-corrected chi connectivity index (χ3v) is 5.25. The molecule has 3 aromatic rings. The number of para-hydroxylation sites is 1. The normalized spacial score (nSPS) is 17.4. The van der Waals surface area contributed by atoms with Crippen LogP contribution in [0, 0.1) is 6.92 Å². The molecule has 146 valence electrons. The van der Waals surface area contributed by atoms with Gasteiger partial charge in [0.1, 0.15) is 19.0 Å². The Kier molecular flexibility index (Phi) is 4.08. The van der Waals surface area contributed by atoms with Crippen molar-refractivity contribution < 1.29 is 19.1 Å². The number of ketones is 1. The van der Waals surface area contributed by atoms with Crippen LogP contribution in [0.5, 0.6) is 11.5 Å². The first-order valence-corrected chi connectivity index (χ1v) is 9.50. The van der Waals surface area contributed by atoms with Gasteiger partial charge < -0.3 is 14.8 Å². The Morgan fingerprint density at radius 2 is 1.86 bits per heavy atom. The number of hydrogen-bond acceptors (Lipinski definition) is 5. The molecule has 2 aliphatic heterocycles. The molecule has 7 nitrogen and oxygen atoms in total. The van der Waals surface area contributed by atoms with Crippen LogP contribution in [0.2, 0.25) is 0 Å². The van der Waals surface area contributed by atoms with Crippen LogP contribution in [0.3, 0.4) is 0 Å². The number of nitrogens with one attached hydrogen (secondary N) is 1. The summed E-state index contributed by atoms with van der Waals surface area (Å²) in [4.78, 5) is 25.8. The SMILES string of the molecule is Cc1nn(-c2ccccc2)c2c1[C@@H](C(=O)c1ccc3c(c1)OCCO3)CC(=O)N2. The standard InChI is InChI=1S/C22H19N3O4/c1-13-20-16(21(27)14-7-8-17-18(11-14)29-10-9-28-17)12-19(26)23-22(20)25(24-13)15-5-3-2-4-6-15/h2-8,11,16H,9-10,12H2,1H3,(H,23,26)/t16-/m0/s1. The Balaban J connectivity index is 1.57. The number of ether oxygens (including phenoxy) is 2. The molecule has 0 radical (unpaired) electrons. The Bertz CT molecular complexity index is 1120. The van der Waals surface area contributed by atoms with Crippen molar-refractivity contribution in [1.29, 1.82) is 0 Å². The van der Waals surface area contributed by atoms with Crippen LogP contribution in [0.25, 0.3) is 5.69 Å². The van der Waals surface area contributed by atoms with Gasteiger partial charge in [0.15, 0.2) is 17.3 Å². The van der Waals surface area contributed by atoms with Crippen molar-refractivity contribution >= 4 is 17.5 Å². The van der Waals surface area contributed by atoms with Gasteiger partial charge in [-0.05, 0) is 37.3 Å². The van der Waals surface area contributed by atoms with Crippen molar-refractivity contribution in [3.05, 3.63) is 65.4 Å². The zero-order chi connectivity index (χ0) is 20.0. The largest absolute Gasteiger partial charge is 0.486 e. The molecule has 3 heterocycles. The van der Waals surface area contributed by atoms with Gasteiger partial charge in [-0.25, -0.2) is 4.68 Å². The van der Waals surface area contributed by atoms with E-state index in [1.165, 1.54) is 0 Å². The van der Waals surface area contributed by atoms with Gasteiger partial charge >= 0.3 is 0 Å². The summed E-state index contributed by atoms with van der Waals surface area (Å²) in [6, 6.07) is 14.7. The Hall–Kier alpha value is -3.61. The highest BCUT2D eigenvalue weighted by molar-refractivity contribution is 6.08. The van der Waals surface area contributed by atoms with E-state index in [9.17, 15) is 9.59 Å². The van der Waals surface area contributed by atoms with Crippen LogP contribution >= 0.6 is 0 Å². The first kappa shape index (κ1) is 17.5. The van der Waals surface area contributed by atoms with E-state index in [0.29, 0.717) is 36.1 Å². The molecular weight excluding hydrogens is 370 g/mol. The molecule has 7 heteroatoms. The lowest BCUT2D eigenvalue weighted by Gasteiger charge is -2.24. The monoisotopic (exact) mass is 389 g/mol. The molecule has 5 rings (SSSR count). The maximum Gasteiger partial charge on any atom is 0.226 e. The van der Waals surface area contributed by atoms with Crippen molar-refractivity contribution in [3.63, 3.8) is 0 Å². The van der Waals surface area contributed by atoms with Gasteiger partial charge in [-0.1, -0.05) is 18.2 Å². The van der Waals surface area contributed by atoms with Gasteiger partial charge in [-0.2, -0.15) is 5.10 Å². The maximum absolute atomic E-state index is 13.4. The third kappa shape index (κ3) is 2.95. The average Bonchev–Trinajstić information content (AvgIpc) is 3.09. The second-order valence-corrected chi connectivity index (χ2v) is 7.12. The van der Waals surface area contributed by atoms with E-state index >= 15 is 0 Å². The lowest BCUT2D eigenvalue weighted by Crippen LogP contribution is -2.28. The highest BCUT2D eigenvalue weighted by Crippen LogP contribution is 2.39. The minimum Gasteiger partial charge on any atom is -0.486 e. The average molecular weight is 389 g/mol. The zero-order valence-corrected chi connectivity index (χ0v) is 15.8. The summed E-state index contributed by atoms with van der Waals surface area (Å²) in [6.45, 7) is 2.80. The summed E-state index contributed by atoms with van der Waals surface area (Å²) in [7, 11) is 0. The van der Waals surface area contributed by atoms with Crippen LogP contribution in [-0.4, -0.2) is 34.7 Å². The summed E-state index contributed by atoms with van der Waals surface area (Å²) >= 11 is 0. The van der Waals surface area contributed by atoms with Crippen LogP contribution in [-0.2, 0) is 4.79 Å². The molecule has 0 fully saturated rings. The number of amides is 1. The lowest BCUT2D eigenvalue weighted by atomic mass is 9.85. The maximum atomic E-state index is 13.4. The van der Waals surface area contributed by atoms with E-state index in [2.05, 4.69) is 10.4 Å². The van der Waals surface area contributed by atoms with Gasteiger partial charge in [0.2, 0.25) is 5.91 Å². The van der Waals surface area contributed by atoms with Crippen molar-refractivity contribution in [2.24, 2.45) is 0 Å². The Morgan fingerprint density at radius 1 is 1.10 bits per heavy atom. The lowest BCUT2D eigenvalue weighted by molar-refractivity contribution is -0.116. The Morgan fingerprint density at radius 3 is 2.66 bits per heavy atom. The van der Waals surface area contributed by atoms with E-state index in [1.54, 1.807) is 22.9 Å². The van der Waals surface area contributed by atoms with Gasteiger partial charge in [0, 0.05) is 17.5 Å². The summed E-state index contributed by atoms with van der Waals surface area (Å²) in [5.74, 6) is 0.807. The molecule has 0 spiro atoms. The second kappa shape index (κ2) is 6.77. The second-order valence-electron chi connectivity index (χ2n) is 7.12. The van der Waals surface area contributed by atoms with Crippen LogP contribution in [0.4, 0.5) is 5.82 Å². The summed E-state index contributed by atoms with van der Waals surface area (Å²) < 4.78 is 12.8. The molecule has 0 bridgehead atoms.